The Balaban J connectivity index is 1.34. The van der Waals surface area contributed by atoms with E-state index in [-0.39, 0.29) is 30.3 Å². The molecule has 0 bridgehead atoms. The van der Waals surface area contributed by atoms with Gasteiger partial charge in [-0.2, -0.15) is 13.2 Å². The first-order chi connectivity index (χ1) is 18.7. The number of nitrogens with one attached hydrogen (secondary N) is 2. The Morgan fingerprint density at radius 2 is 1.95 bits per heavy atom. The second-order valence-electron chi connectivity index (χ2n) is 10.2. The van der Waals surface area contributed by atoms with E-state index < -0.39 is 23.9 Å². The van der Waals surface area contributed by atoms with Gasteiger partial charge in [-0.25, -0.2) is 4.79 Å². The molecule has 8 nitrogen and oxygen atoms in total. The molecule has 2 aromatic carbocycles. The van der Waals surface area contributed by atoms with Gasteiger partial charge >= 0.3 is 11.9 Å². The molecule has 11 heteroatoms. The zero-order chi connectivity index (χ0) is 27.2. The van der Waals surface area contributed by atoms with Crippen LogP contribution in [0.25, 0.3) is 11.1 Å². The van der Waals surface area contributed by atoms with Crippen molar-refractivity contribution in [2.75, 3.05) is 13.2 Å². The second-order valence-corrected chi connectivity index (χ2v) is 10.2. The van der Waals surface area contributed by atoms with Gasteiger partial charge in [0.2, 0.25) is 0 Å². The zero-order valence-corrected chi connectivity index (χ0v) is 21.0. The van der Waals surface area contributed by atoms with Crippen LogP contribution in [-0.2, 0) is 23.2 Å². The summed E-state index contributed by atoms with van der Waals surface area (Å²) in [5.74, 6) is 0.261. The van der Waals surface area contributed by atoms with Crippen LogP contribution in [-0.4, -0.2) is 35.4 Å². The van der Waals surface area contributed by atoms with E-state index >= 15 is 0 Å². The molecule has 2 N–H and O–H groups in total. The smallest absolute Gasteiger partial charge is 0.439 e. The molecule has 1 atom stereocenters. The molecule has 3 aliphatic rings. The highest BCUT2D eigenvalue weighted by molar-refractivity contribution is 6.27. The Morgan fingerprint density at radius 3 is 2.74 bits per heavy atom. The number of alkyl halides is 3. The average Bonchev–Trinajstić information content (AvgIpc) is 3.48. The molecule has 6 rings (SSSR count). The lowest BCUT2D eigenvalue weighted by molar-refractivity contribution is -0.136. The summed E-state index contributed by atoms with van der Waals surface area (Å²) in [4.78, 5) is 27.9. The SMILES string of the molecule is O=C1N[C@@]2(CCc3cc(OCCCC(F)(F)F)ccc32)CC(c2ccc3c(c2)CCCO3)=C1c1noc(=O)[nH]1. The van der Waals surface area contributed by atoms with Gasteiger partial charge in [0.15, 0.2) is 5.82 Å². The Kier molecular flexibility index (Phi) is 6.23. The minimum Gasteiger partial charge on any atom is -0.494 e. The van der Waals surface area contributed by atoms with E-state index in [0.717, 1.165) is 46.4 Å². The van der Waals surface area contributed by atoms with Crippen LogP contribution in [0, 0.1) is 0 Å². The topological polar surface area (TPSA) is 106 Å². The summed E-state index contributed by atoms with van der Waals surface area (Å²) in [6.45, 7) is 0.630. The van der Waals surface area contributed by atoms with Crippen molar-refractivity contribution in [3.05, 3.63) is 75.0 Å². The maximum absolute atomic E-state index is 13.7. The van der Waals surface area contributed by atoms with Crippen molar-refractivity contribution < 1.29 is 32.0 Å². The number of halogens is 3. The molecule has 1 aromatic heterocycles. The van der Waals surface area contributed by atoms with Crippen molar-refractivity contribution in [1.82, 2.24) is 15.5 Å². The Bertz CT molecular complexity index is 1520. The molecule has 39 heavy (non-hydrogen) atoms. The molecule has 0 unspecified atom stereocenters. The molecule has 1 amide bonds. The van der Waals surface area contributed by atoms with Crippen molar-refractivity contribution in [3.63, 3.8) is 0 Å². The van der Waals surface area contributed by atoms with Gasteiger partial charge in [0.1, 0.15) is 11.5 Å². The number of amides is 1. The minimum atomic E-state index is -4.21. The number of hydrogen-bond acceptors (Lipinski definition) is 6. The fourth-order valence-corrected chi connectivity index (χ4v) is 5.83. The van der Waals surface area contributed by atoms with Gasteiger partial charge in [0.25, 0.3) is 5.91 Å². The fourth-order valence-electron chi connectivity index (χ4n) is 5.83. The van der Waals surface area contributed by atoms with Gasteiger partial charge < -0.3 is 14.8 Å². The molecule has 1 aliphatic carbocycles. The van der Waals surface area contributed by atoms with Crippen LogP contribution >= 0.6 is 0 Å². The van der Waals surface area contributed by atoms with Crippen LogP contribution in [0.3, 0.4) is 0 Å². The van der Waals surface area contributed by atoms with Crippen LogP contribution in [0.1, 0.15) is 60.2 Å². The number of aromatic amines is 1. The molecule has 1 spiro atoms. The third-order valence-electron chi connectivity index (χ3n) is 7.58. The highest BCUT2D eigenvalue weighted by Gasteiger charge is 2.46. The second kappa shape index (κ2) is 9.62. The fraction of sp³-hybridized carbons (Fsp3) is 0.393. The monoisotopic (exact) mass is 541 g/mol. The first-order valence-corrected chi connectivity index (χ1v) is 12.9. The highest BCUT2D eigenvalue weighted by atomic mass is 19.4. The van der Waals surface area contributed by atoms with E-state index in [4.69, 9.17) is 14.0 Å². The van der Waals surface area contributed by atoms with Crippen molar-refractivity contribution in [3.8, 4) is 11.5 Å². The molecule has 0 radical (unpaired) electrons. The summed E-state index contributed by atoms with van der Waals surface area (Å²) in [6, 6.07) is 11.3. The van der Waals surface area contributed by atoms with Gasteiger partial charge in [0, 0.05) is 12.8 Å². The molecule has 0 saturated heterocycles. The standard InChI is InChI=1S/C28H26F3N3O5/c29-28(30,31)9-2-12-37-19-5-6-21-17(14-19)8-10-27(21)15-20(16-4-7-22-18(13-16)3-1-11-38-22)23(25(35)33-27)24-32-26(36)39-34-24/h4-7,13-14H,1-3,8-12,15H2,(H,33,35)(H,32,34,36)/t27-/m0/s1. The summed E-state index contributed by atoms with van der Waals surface area (Å²) >= 11 is 0. The molecule has 0 saturated carbocycles. The summed E-state index contributed by atoms with van der Waals surface area (Å²) in [6.07, 6.45) is -1.72. The van der Waals surface area contributed by atoms with Crippen LogP contribution in [0.2, 0.25) is 0 Å². The number of nitrogens with zero attached hydrogens (tertiary/aromatic N) is 1. The van der Waals surface area contributed by atoms with Crippen LogP contribution in [0.15, 0.2) is 45.7 Å². The normalized spacial score (nSPS) is 20.4. The molecule has 204 valence electrons. The van der Waals surface area contributed by atoms with Crippen LogP contribution < -0.4 is 20.5 Å². The predicted octanol–water partition coefficient (Wildman–Crippen LogP) is 4.68. The Hall–Kier alpha value is -4.02. The lowest BCUT2D eigenvalue weighted by Crippen LogP contribution is -2.48. The summed E-state index contributed by atoms with van der Waals surface area (Å²) in [5.41, 5.74) is 4.09. The highest BCUT2D eigenvalue weighted by Crippen LogP contribution is 2.49. The number of carbonyl (C=O) groups is 1. The maximum atomic E-state index is 13.7. The third kappa shape index (κ3) is 4.93. The number of aromatic nitrogens is 2. The number of benzene rings is 2. The maximum Gasteiger partial charge on any atom is 0.439 e. The summed E-state index contributed by atoms with van der Waals surface area (Å²) < 4.78 is 53.4. The number of carbonyl (C=O) groups excluding carboxylic acids is 1. The van der Waals surface area contributed by atoms with E-state index in [1.165, 1.54) is 0 Å². The number of fused-ring (bicyclic) bond motifs is 3. The number of ether oxygens (including phenoxy) is 2. The van der Waals surface area contributed by atoms with Crippen LogP contribution in [0.5, 0.6) is 11.5 Å². The number of hydrogen-bond donors (Lipinski definition) is 2. The van der Waals surface area contributed by atoms with Gasteiger partial charge in [-0.15, -0.1) is 0 Å². The van der Waals surface area contributed by atoms with Crippen LogP contribution in [0.4, 0.5) is 13.2 Å². The van der Waals surface area contributed by atoms with Crippen molar-refractivity contribution in [1.29, 1.82) is 0 Å². The molecule has 2 aliphatic heterocycles. The number of aryl methyl sites for hydroxylation is 2. The lowest BCUT2D eigenvalue weighted by atomic mass is 9.77. The lowest BCUT2D eigenvalue weighted by Gasteiger charge is -2.38. The summed E-state index contributed by atoms with van der Waals surface area (Å²) in [7, 11) is 0. The van der Waals surface area contributed by atoms with Gasteiger partial charge in [0.05, 0.1) is 24.3 Å². The first kappa shape index (κ1) is 25.3. The van der Waals surface area contributed by atoms with E-state index in [1.54, 1.807) is 6.07 Å². The average molecular weight is 542 g/mol. The molecular formula is C28H26F3N3O5. The molecular weight excluding hydrogens is 515 g/mol. The van der Waals surface area contributed by atoms with E-state index in [9.17, 15) is 22.8 Å². The Labute approximate surface area is 221 Å². The molecule has 3 heterocycles. The minimum absolute atomic E-state index is 0.0334. The van der Waals surface area contributed by atoms with Crippen molar-refractivity contribution in [2.24, 2.45) is 0 Å². The largest absolute Gasteiger partial charge is 0.494 e. The number of rotatable bonds is 6. The van der Waals surface area contributed by atoms with Crippen molar-refractivity contribution >= 4 is 17.1 Å². The van der Waals surface area contributed by atoms with Gasteiger partial charge in [-0.05, 0) is 84.2 Å². The predicted molar refractivity (Wildman–Crippen MR) is 134 cm³/mol. The quantitative estimate of drug-likeness (QED) is 0.439. The van der Waals surface area contributed by atoms with E-state index in [0.29, 0.717) is 31.6 Å². The molecule has 3 aromatic rings. The van der Waals surface area contributed by atoms with E-state index in [2.05, 4.69) is 15.5 Å². The molecule has 0 fully saturated rings. The van der Waals surface area contributed by atoms with Gasteiger partial charge in [-0.1, -0.05) is 17.3 Å². The Morgan fingerprint density at radius 1 is 1.08 bits per heavy atom. The summed E-state index contributed by atoms with van der Waals surface area (Å²) in [5, 5.41) is 6.97. The van der Waals surface area contributed by atoms with E-state index in [1.807, 2.05) is 30.3 Å². The van der Waals surface area contributed by atoms with Gasteiger partial charge in [-0.3, -0.25) is 14.3 Å². The number of H-pyrrole nitrogens is 1. The zero-order valence-electron chi connectivity index (χ0n) is 21.0. The third-order valence-corrected chi connectivity index (χ3v) is 7.58. The van der Waals surface area contributed by atoms with Crippen molar-refractivity contribution in [2.45, 2.75) is 56.7 Å². The first-order valence-electron chi connectivity index (χ1n) is 12.9.